The highest BCUT2D eigenvalue weighted by molar-refractivity contribution is 6.20. The number of nitrogens with one attached hydrogen (secondary N) is 3. The smallest absolute Gasteiger partial charge is 0.253 e. The minimum Gasteiger partial charge on any atom is -0.371 e. The largest absolute Gasteiger partial charge is 0.371 e. The van der Waals surface area contributed by atoms with Crippen LogP contribution in [0.2, 0.25) is 0 Å². The standard InChI is InChI=1S/C22H35ClN4O2/c1-22(2,16-23)21(29)25-17-9-10-19(27-13-6-5-7-14-27)18(15-17)20(28)24-11-8-12-26(3)4/h9-10,15H,5-8,11-14,16H2,1-4H3,(H,24,28)(H,25,29)/p+1. The topological polar surface area (TPSA) is 65.9 Å². The molecule has 0 aromatic heterocycles. The third kappa shape index (κ3) is 6.89. The van der Waals surface area contributed by atoms with Crippen molar-refractivity contribution in [2.24, 2.45) is 5.41 Å². The van der Waals surface area contributed by atoms with Gasteiger partial charge >= 0.3 is 0 Å². The normalized spacial score (nSPS) is 14.8. The van der Waals surface area contributed by atoms with Gasteiger partial charge in [-0.1, -0.05) is 0 Å². The Hall–Kier alpha value is -1.79. The van der Waals surface area contributed by atoms with Gasteiger partial charge in [0.1, 0.15) is 0 Å². The van der Waals surface area contributed by atoms with Crippen molar-refractivity contribution in [1.82, 2.24) is 5.32 Å². The highest BCUT2D eigenvalue weighted by Gasteiger charge is 2.27. The quantitative estimate of drug-likeness (QED) is 0.421. The van der Waals surface area contributed by atoms with Crippen molar-refractivity contribution in [2.45, 2.75) is 39.5 Å². The second-order valence-corrected chi connectivity index (χ2v) is 9.09. The summed E-state index contributed by atoms with van der Waals surface area (Å²) in [5.41, 5.74) is 1.50. The van der Waals surface area contributed by atoms with Crippen molar-refractivity contribution >= 4 is 34.8 Å². The van der Waals surface area contributed by atoms with Crippen LogP contribution in [-0.2, 0) is 4.79 Å². The summed E-state index contributed by atoms with van der Waals surface area (Å²) >= 11 is 5.92. The fourth-order valence-electron chi connectivity index (χ4n) is 3.31. The van der Waals surface area contributed by atoms with Gasteiger partial charge in [-0.2, -0.15) is 0 Å². The van der Waals surface area contributed by atoms with Crippen LogP contribution in [0.15, 0.2) is 18.2 Å². The Morgan fingerprint density at radius 2 is 1.86 bits per heavy atom. The van der Waals surface area contributed by atoms with Crippen molar-refractivity contribution in [2.75, 3.05) is 56.4 Å². The number of quaternary nitrogens is 1. The second-order valence-electron chi connectivity index (χ2n) is 8.82. The number of hydrogen-bond donors (Lipinski definition) is 3. The summed E-state index contributed by atoms with van der Waals surface area (Å²) in [7, 11) is 4.20. The summed E-state index contributed by atoms with van der Waals surface area (Å²) in [6.45, 7) is 7.16. The molecule has 2 rings (SSSR count). The van der Waals surface area contributed by atoms with Crippen LogP contribution in [0.4, 0.5) is 11.4 Å². The fourth-order valence-corrected chi connectivity index (χ4v) is 3.43. The molecule has 1 fully saturated rings. The molecule has 1 aromatic carbocycles. The van der Waals surface area contributed by atoms with Crippen LogP contribution < -0.4 is 20.4 Å². The van der Waals surface area contributed by atoms with Gasteiger partial charge in [0.15, 0.2) is 0 Å². The molecule has 29 heavy (non-hydrogen) atoms. The summed E-state index contributed by atoms with van der Waals surface area (Å²) in [4.78, 5) is 29.1. The number of rotatable bonds is 9. The monoisotopic (exact) mass is 423 g/mol. The first-order valence-electron chi connectivity index (χ1n) is 10.6. The number of benzene rings is 1. The molecule has 0 saturated carbocycles. The number of halogens is 1. The summed E-state index contributed by atoms with van der Waals surface area (Å²) in [6.07, 6.45) is 4.42. The number of alkyl halides is 1. The highest BCUT2D eigenvalue weighted by atomic mass is 35.5. The van der Waals surface area contributed by atoms with E-state index in [0.717, 1.165) is 44.6 Å². The molecule has 0 radical (unpaired) electrons. The predicted octanol–water partition coefficient (Wildman–Crippen LogP) is 2.14. The molecule has 1 aromatic rings. The minimum atomic E-state index is -0.677. The molecular formula is C22H36ClN4O2+. The van der Waals surface area contributed by atoms with Gasteiger partial charge < -0.3 is 20.4 Å². The Kier molecular flexibility index (Phi) is 8.78. The molecule has 7 heteroatoms. The SMILES string of the molecule is C[NH+](C)CCCNC(=O)c1cc(NC(=O)C(C)(C)CCl)ccc1N1CCCCC1. The van der Waals surface area contributed by atoms with E-state index >= 15 is 0 Å². The molecule has 162 valence electrons. The van der Waals surface area contributed by atoms with E-state index in [1.54, 1.807) is 19.9 Å². The van der Waals surface area contributed by atoms with E-state index in [1.807, 2.05) is 12.1 Å². The zero-order chi connectivity index (χ0) is 21.4. The first-order chi connectivity index (χ1) is 13.7. The van der Waals surface area contributed by atoms with Gasteiger partial charge in [-0.25, -0.2) is 0 Å². The molecule has 0 spiro atoms. The van der Waals surface area contributed by atoms with Crippen molar-refractivity contribution in [3.63, 3.8) is 0 Å². The highest BCUT2D eigenvalue weighted by Crippen LogP contribution is 2.28. The molecule has 1 saturated heterocycles. The van der Waals surface area contributed by atoms with Crippen LogP contribution in [0, 0.1) is 5.41 Å². The van der Waals surface area contributed by atoms with Crippen molar-refractivity contribution in [1.29, 1.82) is 0 Å². The summed E-state index contributed by atoms with van der Waals surface area (Å²) in [5, 5.41) is 5.96. The van der Waals surface area contributed by atoms with Gasteiger partial charge in [0.25, 0.3) is 5.91 Å². The Labute approximate surface area is 180 Å². The lowest BCUT2D eigenvalue weighted by atomic mass is 9.95. The van der Waals surface area contributed by atoms with Crippen LogP contribution >= 0.6 is 11.6 Å². The number of carbonyl (C=O) groups excluding carboxylic acids is 2. The number of amides is 2. The third-order valence-electron chi connectivity index (χ3n) is 5.28. The van der Waals surface area contributed by atoms with Gasteiger partial charge in [0.05, 0.1) is 31.6 Å². The number of anilines is 2. The van der Waals surface area contributed by atoms with Gasteiger partial charge in [0.2, 0.25) is 5.91 Å². The molecule has 0 bridgehead atoms. The van der Waals surface area contributed by atoms with E-state index in [2.05, 4.69) is 29.6 Å². The zero-order valence-corrected chi connectivity index (χ0v) is 19.0. The van der Waals surface area contributed by atoms with Crippen molar-refractivity contribution in [3.8, 4) is 0 Å². The van der Waals surface area contributed by atoms with Crippen LogP contribution in [0.1, 0.15) is 49.9 Å². The molecular weight excluding hydrogens is 388 g/mol. The zero-order valence-electron chi connectivity index (χ0n) is 18.2. The molecule has 3 N–H and O–H groups in total. The number of carbonyl (C=O) groups is 2. The fraction of sp³-hybridized carbons (Fsp3) is 0.636. The van der Waals surface area contributed by atoms with Crippen LogP contribution in [0.3, 0.4) is 0 Å². The lowest BCUT2D eigenvalue weighted by Crippen LogP contribution is -3.05. The van der Waals surface area contributed by atoms with Crippen LogP contribution in [-0.4, -0.2) is 58.0 Å². The number of nitrogens with zero attached hydrogens (tertiary/aromatic N) is 1. The first-order valence-corrected chi connectivity index (χ1v) is 11.1. The van der Waals surface area contributed by atoms with E-state index < -0.39 is 5.41 Å². The Morgan fingerprint density at radius 3 is 2.48 bits per heavy atom. The molecule has 2 amide bonds. The Bertz CT molecular complexity index is 700. The van der Waals surface area contributed by atoms with Crippen molar-refractivity contribution < 1.29 is 14.5 Å². The van der Waals surface area contributed by atoms with E-state index in [1.165, 1.54) is 11.3 Å². The van der Waals surface area contributed by atoms with Gasteiger partial charge in [-0.05, 0) is 51.3 Å². The third-order valence-corrected chi connectivity index (χ3v) is 5.95. The van der Waals surface area contributed by atoms with Gasteiger partial charge in [-0.3, -0.25) is 9.59 Å². The number of hydrogen-bond acceptors (Lipinski definition) is 3. The molecule has 0 aliphatic carbocycles. The molecule has 1 heterocycles. The minimum absolute atomic E-state index is 0.0907. The van der Waals surface area contributed by atoms with Crippen LogP contribution in [0.25, 0.3) is 0 Å². The average molecular weight is 424 g/mol. The summed E-state index contributed by atoms with van der Waals surface area (Å²) < 4.78 is 0. The predicted molar refractivity (Wildman–Crippen MR) is 120 cm³/mol. The maximum absolute atomic E-state index is 13.0. The molecule has 6 nitrogen and oxygen atoms in total. The van der Waals surface area contributed by atoms with E-state index in [-0.39, 0.29) is 17.7 Å². The number of piperidine rings is 1. The molecule has 0 unspecified atom stereocenters. The first kappa shape index (κ1) is 23.5. The van der Waals surface area contributed by atoms with Gasteiger partial charge in [-0.15, -0.1) is 11.6 Å². The second kappa shape index (κ2) is 10.8. The molecule has 1 aliphatic heterocycles. The lowest BCUT2D eigenvalue weighted by molar-refractivity contribution is -0.858. The molecule has 0 atom stereocenters. The van der Waals surface area contributed by atoms with Crippen molar-refractivity contribution in [3.05, 3.63) is 23.8 Å². The maximum Gasteiger partial charge on any atom is 0.253 e. The summed E-state index contributed by atoms with van der Waals surface area (Å²) in [6, 6.07) is 5.62. The van der Waals surface area contributed by atoms with E-state index in [9.17, 15) is 9.59 Å². The average Bonchev–Trinajstić information content (AvgIpc) is 2.71. The molecule has 1 aliphatic rings. The lowest BCUT2D eigenvalue weighted by Gasteiger charge is -2.30. The Morgan fingerprint density at radius 1 is 1.17 bits per heavy atom. The van der Waals surface area contributed by atoms with E-state index in [0.29, 0.717) is 17.8 Å². The maximum atomic E-state index is 13.0. The van der Waals surface area contributed by atoms with Crippen LogP contribution in [0.5, 0.6) is 0 Å². The summed E-state index contributed by atoms with van der Waals surface area (Å²) in [5.74, 6) is -0.0168. The van der Waals surface area contributed by atoms with Gasteiger partial charge in [0, 0.05) is 43.3 Å². The Balaban J connectivity index is 2.20. The van der Waals surface area contributed by atoms with E-state index in [4.69, 9.17) is 11.6 Å².